The van der Waals surface area contributed by atoms with Gasteiger partial charge >= 0.3 is 18.4 Å². The standard InChI is InChI=1S/C19H17F7N4O2S/c20-14-1-3-16(4-2-14)33(27,30-5-7-32-8-6-30)29-17(31)28-15-10-12(18(21,22)23)9-13(11-15)19(24,25)26/h1-4,9-11,27H,5-8H2,(H,28,31). The van der Waals surface area contributed by atoms with Gasteiger partial charge in [-0.1, -0.05) is 0 Å². The Bertz CT molecular complexity index is 1100. The Hall–Kier alpha value is -2.71. The van der Waals surface area contributed by atoms with Crippen LogP contribution in [0.5, 0.6) is 0 Å². The summed E-state index contributed by atoms with van der Waals surface area (Å²) in [5, 5.41) is 1.91. The fraction of sp³-hybridized carbons (Fsp3) is 0.316. The van der Waals surface area contributed by atoms with Crippen LogP contribution < -0.4 is 5.32 Å². The van der Waals surface area contributed by atoms with Gasteiger partial charge < -0.3 is 10.1 Å². The van der Waals surface area contributed by atoms with Crippen LogP contribution >= 0.6 is 0 Å². The van der Waals surface area contributed by atoms with Crippen molar-refractivity contribution in [1.29, 1.82) is 4.78 Å². The van der Waals surface area contributed by atoms with Gasteiger partial charge in [0, 0.05) is 33.5 Å². The highest BCUT2D eigenvalue weighted by Crippen LogP contribution is 2.37. The number of ether oxygens (including phenoxy) is 1. The minimum Gasteiger partial charge on any atom is -0.379 e. The molecule has 0 radical (unpaired) electrons. The number of hydrogen-bond donors (Lipinski definition) is 2. The van der Waals surface area contributed by atoms with Crippen LogP contribution in [0, 0.1) is 10.6 Å². The molecular weight excluding hydrogens is 481 g/mol. The Labute approximate surface area is 184 Å². The van der Waals surface area contributed by atoms with E-state index in [1.54, 1.807) is 0 Å². The number of amides is 2. The number of nitrogens with one attached hydrogen (secondary N) is 2. The third-order valence-electron chi connectivity index (χ3n) is 4.54. The molecule has 1 unspecified atom stereocenters. The number of halogens is 7. The van der Waals surface area contributed by atoms with E-state index in [-0.39, 0.29) is 37.3 Å². The van der Waals surface area contributed by atoms with Gasteiger partial charge in [-0.05, 0) is 42.5 Å². The first kappa shape index (κ1) is 24.9. The zero-order chi connectivity index (χ0) is 24.4. The molecule has 6 nitrogen and oxygen atoms in total. The molecule has 1 atom stereocenters. The molecule has 33 heavy (non-hydrogen) atoms. The summed E-state index contributed by atoms with van der Waals surface area (Å²) in [6.45, 7) is 0.812. The Balaban J connectivity index is 2.02. The summed E-state index contributed by atoms with van der Waals surface area (Å²) in [4.78, 5) is 12.7. The molecule has 2 amide bonds. The molecule has 0 spiro atoms. The van der Waals surface area contributed by atoms with Crippen LogP contribution in [0.15, 0.2) is 51.7 Å². The van der Waals surface area contributed by atoms with Crippen molar-refractivity contribution >= 4 is 21.5 Å². The van der Waals surface area contributed by atoms with Crippen molar-refractivity contribution in [3.8, 4) is 0 Å². The summed E-state index contributed by atoms with van der Waals surface area (Å²) in [5.41, 5.74) is -4.00. The minimum atomic E-state index is -5.09. The van der Waals surface area contributed by atoms with Gasteiger partial charge in [0.1, 0.15) is 5.82 Å². The van der Waals surface area contributed by atoms with E-state index in [9.17, 15) is 35.5 Å². The SMILES string of the molecule is N=S(=NC(=O)Nc1cc(C(F)(F)F)cc(C(F)(F)F)c1)(c1ccc(F)cc1)N1CCOCC1. The zero-order valence-electron chi connectivity index (χ0n) is 16.6. The first-order valence-electron chi connectivity index (χ1n) is 9.29. The number of urea groups is 1. The first-order valence-corrected chi connectivity index (χ1v) is 10.8. The maximum Gasteiger partial charge on any atom is 0.416 e. The van der Waals surface area contributed by atoms with E-state index in [1.807, 2.05) is 5.32 Å². The summed E-state index contributed by atoms with van der Waals surface area (Å²) >= 11 is 0. The van der Waals surface area contributed by atoms with E-state index in [0.29, 0.717) is 12.1 Å². The van der Waals surface area contributed by atoms with Gasteiger partial charge in [0.2, 0.25) is 0 Å². The second-order valence-corrected chi connectivity index (χ2v) is 9.13. The highest BCUT2D eigenvalue weighted by Gasteiger charge is 2.37. The molecule has 0 aromatic heterocycles. The molecular formula is C19H17F7N4O2S. The Morgan fingerprint density at radius 3 is 1.97 bits per heavy atom. The van der Waals surface area contributed by atoms with Gasteiger partial charge in [0.25, 0.3) is 0 Å². The molecule has 0 saturated carbocycles. The predicted molar refractivity (Wildman–Crippen MR) is 105 cm³/mol. The normalized spacial score (nSPS) is 17.3. The molecule has 0 aliphatic carbocycles. The number of benzene rings is 2. The molecule has 1 aliphatic heterocycles. The molecule has 2 aromatic rings. The van der Waals surface area contributed by atoms with Gasteiger partial charge in [-0.2, -0.15) is 26.3 Å². The van der Waals surface area contributed by atoms with Crippen LogP contribution in [0.2, 0.25) is 0 Å². The van der Waals surface area contributed by atoms with Gasteiger partial charge in [0.15, 0.2) is 0 Å². The average Bonchev–Trinajstić information content (AvgIpc) is 2.73. The maximum absolute atomic E-state index is 13.4. The second-order valence-electron chi connectivity index (χ2n) is 6.86. The lowest BCUT2D eigenvalue weighted by Crippen LogP contribution is -2.40. The molecule has 3 rings (SSSR count). The first-order chi connectivity index (χ1) is 15.3. The van der Waals surface area contributed by atoms with Crippen LogP contribution in [-0.2, 0) is 26.9 Å². The van der Waals surface area contributed by atoms with Crippen molar-refractivity contribution < 1.29 is 40.3 Å². The Kier molecular flexibility index (Phi) is 7.00. The molecule has 1 heterocycles. The molecule has 1 aliphatic rings. The molecule has 1 saturated heterocycles. The largest absolute Gasteiger partial charge is 0.416 e. The Morgan fingerprint density at radius 1 is 0.970 bits per heavy atom. The monoisotopic (exact) mass is 498 g/mol. The van der Waals surface area contributed by atoms with Crippen molar-refractivity contribution in [3.63, 3.8) is 0 Å². The predicted octanol–water partition coefficient (Wildman–Crippen LogP) is 5.80. The summed E-state index contributed by atoms with van der Waals surface area (Å²) in [6, 6.07) is 3.91. The highest BCUT2D eigenvalue weighted by atomic mass is 32.2. The molecule has 2 aromatic carbocycles. The molecule has 2 N–H and O–H groups in total. The third-order valence-corrected chi connectivity index (χ3v) is 7.01. The summed E-state index contributed by atoms with van der Waals surface area (Å²) in [7, 11) is -3.23. The third kappa shape index (κ3) is 6.00. The fourth-order valence-corrected chi connectivity index (χ4v) is 4.99. The van der Waals surface area contributed by atoms with Gasteiger partial charge in [-0.3, -0.25) is 4.78 Å². The van der Waals surface area contributed by atoms with Crippen molar-refractivity contribution in [3.05, 3.63) is 59.4 Å². The van der Waals surface area contributed by atoms with E-state index in [1.165, 1.54) is 16.4 Å². The van der Waals surface area contributed by atoms with Crippen LogP contribution in [-0.4, -0.2) is 36.6 Å². The summed E-state index contributed by atoms with van der Waals surface area (Å²) in [6.07, 6.45) is -10.2. The van der Waals surface area contributed by atoms with E-state index in [4.69, 9.17) is 9.52 Å². The van der Waals surface area contributed by atoms with Crippen molar-refractivity contribution in [1.82, 2.24) is 4.31 Å². The van der Waals surface area contributed by atoms with E-state index in [2.05, 4.69) is 4.36 Å². The zero-order valence-corrected chi connectivity index (χ0v) is 17.5. The lowest BCUT2D eigenvalue weighted by molar-refractivity contribution is -0.143. The number of anilines is 1. The topological polar surface area (TPSA) is 77.8 Å². The number of morpholine rings is 1. The lowest BCUT2D eigenvalue weighted by Gasteiger charge is -2.31. The van der Waals surface area contributed by atoms with Gasteiger partial charge in [-0.25, -0.2) is 13.5 Å². The smallest absolute Gasteiger partial charge is 0.379 e. The average molecular weight is 498 g/mol. The van der Waals surface area contributed by atoms with E-state index < -0.39 is 50.8 Å². The molecule has 180 valence electrons. The number of hydrogen-bond acceptors (Lipinski definition) is 3. The van der Waals surface area contributed by atoms with Gasteiger partial charge in [0.05, 0.1) is 24.3 Å². The van der Waals surface area contributed by atoms with Crippen LogP contribution in [0.3, 0.4) is 0 Å². The highest BCUT2D eigenvalue weighted by molar-refractivity contribution is 7.92. The second kappa shape index (κ2) is 9.27. The summed E-state index contributed by atoms with van der Waals surface area (Å²) < 4.78 is 111. The number of carbonyl (C=O) groups excluding carboxylic acids is 1. The fourth-order valence-electron chi connectivity index (χ4n) is 2.99. The Morgan fingerprint density at radius 2 is 1.48 bits per heavy atom. The minimum absolute atomic E-state index is 0.0704. The van der Waals surface area contributed by atoms with Crippen LogP contribution in [0.1, 0.15) is 11.1 Å². The van der Waals surface area contributed by atoms with Gasteiger partial charge in [-0.15, -0.1) is 4.36 Å². The molecule has 14 heteroatoms. The van der Waals surface area contributed by atoms with Crippen molar-refractivity contribution in [2.75, 3.05) is 31.6 Å². The van der Waals surface area contributed by atoms with Crippen molar-refractivity contribution in [2.24, 2.45) is 4.36 Å². The number of carbonyl (C=O) groups is 1. The summed E-state index contributed by atoms with van der Waals surface area (Å²) in [5.74, 6) is -0.601. The maximum atomic E-state index is 13.4. The lowest BCUT2D eigenvalue weighted by atomic mass is 10.1. The molecule has 1 fully saturated rings. The van der Waals surface area contributed by atoms with E-state index >= 15 is 0 Å². The van der Waals surface area contributed by atoms with E-state index in [0.717, 1.165) is 12.1 Å². The molecule has 0 bridgehead atoms. The van der Waals surface area contributed by atoms with Crippen LogP contribution in [0.4, 0.5) is 41.2 Å². The quantitative estimate of drug-likeness (QED) is 0.525. The van der Waals surface area contributed by atoms with Crippen molar-refractivity contribution in [2.45, 2.75) is 17.2 Å². The number of nitrogens with zero attached hydrogens (tertiary/aromatic N) is 2. The number of alkyl halides is 6. The number of rotatable bonds is 3. The van der Waals surface area contributed by atoms with Crippen LogP contribution in [0.25, 0.3) is 0 Å².